The van der Waals surface area contributed by atoms with Gasteiger partial charge in [-0.25, -0.2) is 8.42 Å². The number of hydrogen-bond acceptors (Lipinski definition) is 7. The minimum atomic E-state index is -3.88. The predicted molar refractivity (Wildman–Crippen MR) is 215 cm³/mol. The summed E-state index contributed by atoms with van der Waals surface area (Å²) in [6.45, 7) is 14.3. The second-order valence-electron chi connectivity index (χ2n) is 18.4. The Bertz CT molecular complexity index is 2130. The normalized spacial score (nSPS) is 29.5. The number of rotatable bonds is 13. The molecule has 6 atom stereocenters. The van der Waals surface area contributed by atoms with Crippen molar-refractivity contribution < 1.29 is 32.4 Å². The van der Waals surface area contributed by atoms with Crippen LogP contribution in [0.5, 0.6) is 0 Å². The number of benzene rings is 1. The highest BCUT2D eigenvalue weighted by Crippen LogP contribution is 2.88. The zero-order valence-electron chi connectivity index (χ0n) is 33.2. The van der Waals surface area contributed by atoms with E-state index >= 15 is 0 Å². The summed E-state index contributed by atoms with van der Waals surface area (Å²) >= 11 is 0. The van der Waals surface area contributed by atoms with Crippen molar-refractivity contribution in [2.75, 3.05) is 6.54 Å². The van der Waals surface area contributed by atoms with Crippen molar-refractivity contribution >= 4 is 50.5 Å². The van der Waals surface area contributed by atoms with Crippen LogP contribution in [0.4, 0.5) is 0 Å². The van der Waals surface area contributed by atoms with Gasteiger partial charge in [-0.15, -0.1) is 6.58 Å². The van der Waals surface area contributed by atoms with Crippen molar-refractivity contribution in [3.8, 4) is 0 Å². The van der Waals surface area contributed by atoms with Gasteiger partial charge in [0.25, 0.3) is 11.8 Å². The molecule has 2 heterocycles. The lowest BCUT2D eigenvalue weighted by molar-refractivity contribution is -0.142. The Morgan fingerprint density at radius 2 is 1.65 bits per heavy atom. The van der Waals surface area contributed by atoms with Gasteiger partial charge >= 0.3 is 0 Å². The van der Waals surface area contributed by atoms with E-state index in [0.29, 0.717) is 37.1 Å². The predicted octanol–water partition coefficient (Wildman–Crippen LogP) is 4.37. The molecule has 1 saturated heterocycles. The first-order valence-electron chi connectivity index (χ1n) is 20.7. The minimum Gasteiger partial charge on any atom is -0.351 e. The number of nitrogens with one attached hydrogen (secondary N) is 5. The van der Waals surface area contributed by atoms with E-state index in [9.17, 15) is 32.4 Å². The molecule has 6 aliphatic rings. The highest BCUT2D eigenvalue weighted by molar-refractivity contribution is 7.91. The maximum Gasteiger partial charge on any atom is 0.268 e. The third-order valence-corrected chi connectivity index (χ3v) is 17.0. The van der Waals surface area contributed by atoms with E-state index < -0.39 is 74.4 Å². The van der Waals surface area contributed by atoms with Gasteiger partial charge in [-0.1, -0.05) is 70.4 Å². The molecule has 2 spiro atoms. The Balaban J connectivity index is 1.05. The molecule has 13 nitrogen and oxygen atoms in total. The summed E-state index contributed by atoms with van der Waals surface area (Å²) in [6, 6.07) is 6.20. The van der Waals surface area contributed by atoms with Gasteiger partial charge in [-0.2, -0.15) is 0 Å². The summed E-state index contributed by atoms with van der Waals surface area (Å²) in [6.07, 6.45) is 10.5. The number of fused-ring (bicyclic) bond motifs is 2. The van der Waals surface area contributed by atoms with Crippen molar-refractivity contribution in [3.63, 3.8) is 0 Å². The van der Waals surface area contributed by atoms with Crippen LogP contribution < -0.4 is 20.7 Å². The van der Waals surface area contributed by atoms with Crippen molar-refractivity contribution in [2.45, 2.75) is 127 Å². The molecular weight excluding hydrogens is 745 g/mol. The second kappa shape index (κ2) is 13.8. The fraction of sp³-hybridized carbons (Fsp3) is 0.605. The van der Waals surface area contributed by atoms with Crippen LogP contribution in [0.15, 0.2) is 55.1 Å². The fourth-order valence-electron chi connectivity index (χ4n) is 11.2. The average Bonchev–Trinajstić information content (AvgIpc) is 4.10. The molecule has 6 fully saturated rings. The molecule has 0 bridgehead atoms. The number of carbonyl (C=O) groups excluding carboxylic acids is 5. The Labute approximate surface area is 334 Å². The average molecular weight is 801 g/mol. The summed E-state index contributed by atoms with van der Waals surface area (Å²) in [7, 11) is -3.88. The SMILES string of the molecule is C=C[C@@H]1C[C@]1(NC(=O)[C@@H]1C[C@@]2(CN1C(=O)[C@@H](NC(=O)C(NC(=O)c1cc3ccccc3[nH]1)C1CCCCC1)C(=C)C)C(C)(C)C21CCC1)C(=O)NS(=O)(=O)C1CC1. The Morgan fingerprint density at radius 3 is 2.23 bits per heavy atom. The monoisotopic (exact) mass is 800 g/mol. The van der Waals surface area contributed by atoms with E-state index in [1.165, 1.54) is 0 Å². The molecule has 1 aromatic heterocycles. The quantitative estimate of drug-likeness (QED) is 0.186. The van der Waals surface area contributed by atoms with Crippen molar-refractivity contribution in [2.24, 2.45) is 28.1 Å². The van der Waals surface area contributed by atoms with Crippen LogP contribution in [-0.4, -0.2) is 83.3 Å². The summed E-state index contributed by atoms with van der Waals surface area (Å²) < 4.78 is 27.8. The molecular formula is C43H56N6O7S. The number of nitrogens with zero attached hydrogens (tertiary/aromatic N) is 1. The summed E-state index contributed by atoms with van der Waals surface area (Å²) in [4.78, 5) is 75.9. The molecule has 0 radical (unpaired) electrons. The standard InChI is InChI=1S/C43H56N6O7S/c1-6-28-22-43(28,39(54)48-57(55,56)29-17-18-29)47-36(51)32-23-42(40(4,5)41(42)19-12-20-41)24-49(32)38(53)33(25(2)3)45-37(52)34(26-13-8-7-9-14-26)46-35(50)31-21-27-15-10-11-16-30(27)44-31/h6,10-11,15-16,21,26,28-29,32-34,44H,1-2,7-9,12-14,17-20,22-24H2,3-5H3,(H,45,52)(H,46,50)(H,47,51)(H,48,54)/t28-,32+,33+,34?,42-,43-/m1/s1. The van der Waals surface area contributed by atoms with E-state index in [2.05, 4.69) is 52.7 Å². The molecule has 57 heavy (non-hydrogen) atoms. The van der Waals surface area contributed by atoms with Gasteiger partial charge in [-0.3, -0.25) is 28.7 Å². The molecule has 306 valence electrons. The van der Waals surface area contributed by atoms with Crippen LogP contribution >= 0.6 is 0 Å². The molecule has 5 saturated carbocycles. The zero-order chi connectivity index (χ0) is 40.7. The molecule has 5 amide bonds. The summed E-state index contributed by atoms with van der Waals surface area (Å²) in [5, 5.41) is 9.11. The first-order valence-corrected chi connectivity index (χ1v) is 22.2. The fourth-order valence-corrected chi connectivity index (χ4v) is 12.5. The molecule has 5 N–H and O–H groups in total. The first-order chi connectivity index (χ1) is 27.0. The minimum absolute atomic E-state index is 0.0366. The van der Waals surface area contributed by atoms with E-state index in [-0.39, 0.29) is 28.6 Å². The first kappa shape index (κ1) is 39.4. The van der Waals surface area contributed by atoms with Gasteiger partial charge in [0, 0.05) is 28.8 Å². The highest BCUT2D eigenvalue weighted by Gasteiger charge is 2.85. The van der Waals surface area contributed by atoms with E-state index in [0.717, 1.165) is 62.3 Å². The van der Waals surface area contributed by atoms with Gasteiger partial charge in [0.2, 0.25) is 27.7 Å². The zero-order valence-corrected chi connectivity index (χ0v) is 34.1. The van der Waals surface area contributed by atoms with Crippen LogP contribution in [0.25, 0.3) is 10.9 Å². The molecule has 2 aromatic rings. The largest absolute Gasteiger partial charge is 0.351 e. The van der Waals surface area contributed by atoms with Crippen LogP contribution in [0.2, 0.25) is 0 Å². The molecule has 1 aliphatic heterocycles. The number of aromatic nitrogens is 1. The lowest BCUT2D eigenvalue weighted by Crippen LogP contribution is -2.60. The molecule has 8 rings (SSSR count). The van der Waals surface area contributed by atoms with E-state index in [4.69, 9.17) is 0 Å². The molecule has 14 heteroatoms. The van der Waals surface area contributed by atoms with E-state index in [1.807, 2.05) is 24.3 Å². The second-order valence-corrected chi connectivity index (χ2v) is 20.4. The maximum absolute atomic E-state index is 14.9. The number of carbonyl (C=O) groups is 5. The van der Waals surface area contributed by atoms with E-state index in [1.54, 1.807) is 24.0 Å². The van der Waals surface area contributed by atoms with Gasteiger partial charge in [0.05, 0.1) is 5.25 Å². The Kier molecular flexibility index (Phi) is 9.56. The third kappa shape index (κ3) is 6.31. The number of sulfonamides is 1. The van der Waals surface area contributed by atoms with Crippen LogP contribution in [0.3, 0.4) is 0 Å². The van der Waals surface area contributed by atoms with Crippen molar-refractivity contribution in [1.29, 1.82) is 0 Å². The number of para-hydroxylation sites is 1. The number of aromatic amines is 1. The van der Waals surface area contributed by atoms with Crippen LogP contribution in [0, 0.1) is 28.1 Å². The Morgan fingerprint density at radius 1 is 0.947 bits per heavy atom. The molecule has 1 unspecified atom stereocenters. The number of amides is 5. The maximum atomic E-state index is 14.9. The summed E-state index contributed by atoms with van der Waals surface area (Å²) in [5.74, 6) is -3.37. The van der Waals surface area contributed by atoms with Crippen molar-refractivity contribution in [1.82, 2.24) is 30.6 Å². The highest BCUT2D eigenvalue weighted by atomic mass is 32.2. The van der Waals surface area contributed by atoms with Crippen LogP contribution in [0.1, 0.15) is 108 Å². The van der Waals surface area contributed by atoms with Crippen molar-refractivity contribution in [3.05, 3.63) is 60.8 Å². The lowest BCUT2D eigenvalue weighted by atomic mass is 9.73. The molecule has 1 aromatic carbocycles. The van der Waals surface area contributed by atoms with Crippen LogP contribution in [-0.2, 0) is 29.2 Å². The number of hydrogen-bond donors (Lipinski definition) is 5. The smallest absolute Gasteiger partial charge is 0.268 e. The third-order valence-electron chi connectivity index (χ3n) is 15.1. The van der Waals surface area contributed by atoms with Gasteiger partial charge in [-0.05, 0) is 92.7 Å². The summed E-state index contributed by atoms with van der Waals surface area (Å²) in [5.41, 5.74) is -0.553. The molecule has 5 aliphatic carbocycles. The van der Waals surface area contributed by atoms with Gasteiger partial charge < -0.3 is 25.8 Å². The van der Waals surface area contributed by atoms with Gasteiger partial charge in [0.1, 0.15) is 29.4 Å². The number of likely N-dealkylation sites (tertiary alicyclic amines) is 1. The van der Waals surface area contributed by atoms with Gasteiger partial charge in [0.15, 0.2) is 0 Å². The lowest BCUT2D eigenvalue weighted by Gasteiger charge is -2.33. The topological polar surface area (TPSA) is 187 Å². The number of H-pyrrole nitrogens is 1. The Hall–Kier alpha value is -4.46.